The molecule has 3 heteroatoms. The molecule has 0 bridgehead atoms. The molecule has 0 N–H and O–H groups in total. The van der Waals surface area contributed by atoms with Gasteiger partial charge in [0.2, 0.25) is 0 Å². The van der Waals surface area contributed by atoms with E-state index in [1.54, 1.807) is 7.11 Å². The smallest absolute Gasteiger partial charge is 0.166 e. The SMILES string of the molecule is COP1c2cccc3cccc(c23)N1C. The van der Waals surface area contributed by atoms with Crippen LogP contribution in [0.3, 0.4) is 0 Å². The normalized spacial score (nSPS) is 18.8. The van der Waals surface area contributed by atoms with Crippen LogP contribution in [0.15, 0.2) is 36.4 Å². The third-order valence-electron chi connectivity index (χ3n) is 2.86. The van der Waals surface area contributed by atoms with Crippen molar-refractivity contribution in [1.29, 1.82) is 0 Å². The lowest BCUT2D eigenvalue weighted by Crippen LogP contribution is -2.10. The zero-order valence-corrected chi connectivity index (χ0v) is 9.66. The summed E-state index contributed by atoms with van der Waals surface area (Å²) in [5, 5.41) is 4.00. The fourth-order valence-corrected chi connectivity index (χ4v) is 3.99. The van der Waals surface area contributed by atoms with Gasteiger partial charge < -0.3 is 9.19 Å². The molecule has 0 amide bonds. The predicted octanol–water partition coefficient (Wildman–Crippen LogP) is 2.87. The van der Waals surface area contributed by atoms with Crippen LogP contribution < -0.4 is 9.97 Å². The van der Waals surface area contributed by atoms with Crippen molar-refractivity contribution in [3.05, 3.63) is 36.4 Å². The molecule has 3 rings (SSSR count). The Morgan fingerprint density at radius 3 is 2.60 bits per heavy atom. The fourth-order valence-electron chi connectivity index (χ4n) is 2.21. The average Bonchev–Trinajstić information content (AvgIpc) is 2.55. The molecule has 0 spiro atoms. The second kappa shape index (κ2) is 3.19. The zero-order valence-electron chi connectivity index (χ0n) is 8.77. The molecule has 1 unspecified atom stereocenters. The first-order valence-corrected chi connectivity index (χ1v) is 6.14. The lowest BCUT2D eigenvalue weighted by Gasteiger charge is -2.20. The van der Waals surface area contributed by atoms with Crippen LogP contribution in [0.2, 0.25) is 0 Å². The van der Waals surface area contributed by atoms with Crippen LogP contribution in [-0.4, -0.2) is 14.2 Å². The molecule has 1 aliphatic rings. The number of nitrogens with zero attached hydrogens (tertiary/aromatic N) is 1. The van der Waals surface area contributed by atoms with Gasteiger partial charge in [0, 0.05) is 24.8 Å². The number of benzene rings is 2. The Balaban J connectivity index is 2.40. The monoisotopic (exact) mass is 217 g/mol. The standard InChI is InChI=1S/C12H12NOP/c1-13-10-7-3-5-9-6-4-8-11(12(9)10)15(13)14-2/h3-8H,1-2H3. The van der Waals surface area contributed by atoms with Crippen molar-refractivity contribution in [2.75, 3.05) is 18.8 Å². The van der Waals surface area contributed by atoms with E-state index in [1.165, 1.54) is 21.8 Å². The third-order valence-corrected chi connectivity index (χ3v) is 4.75. The van der Waals surface area contributed by atoms with Crippen molar-refractivity contribution in [1.82, 2.24) is 0 Å². The molecular formula is C12H12NOP. The minimum atomic E-state index is -0.616. The molecule has 1 aliphatic heterocycles. The first kappa shape index (κ1) is 9.14. The maximum atomic E-state index is 5.59. The molecule has 2 nitrogen and oxygen atoms in total. The van der Waals surface area contributed by atoms with Crippen LogP contribution in [0.25, 0.3) is 10.8 Å². The average molecular weight is 217 g/mol. The molecule has 1 heterocycles. The van der Waals surface area contributed by atoms with Crippen LogP contribution in [0.5, 0.6) is 0 Å². The predicted molar refractivity (Wildman–Crippen MR) is 65.9 cm³/mol. The van der Waals surface area contributed by atoms with Crippen LogP contribution in [0.1, 0.15) is 0 Å². The van der Waals surface area contributed by atoms with Gasteiger partial charge in [-0.3, -0.25) is 0 Å². The van der Waals surface area contributed by atoms with Gasteiger partial charge in [0.05, 0.1) is 5.69 Å². The van der Waals surface area contributed by atoms with E-state index >= 15 is 0 Å². The highest BCUT2D eigenvalue weighted by molar-refractivity contribution is 7.63. The molecule has 0 saturated heterocycles. The number of hydrogen-bond donors (Lipinski definition) is 0. The van der Waals surface area contributed by atoms with E-state index in [4.69, 9.17) is 4.52 Å². The highest BCUT2D eigenvalue weighted by Crippen LogP contribution is 2.51. The van der Waals surface area contributed by atoms with Crippen molar-refractivity contribution in [3.63, 3.8) is 0 Å². The maximum Gasteiger partial charge on any atom is 0.166 e. The van der Waals surface area contributed by atoms with Crippen LogP contribution in [-0.2, 0) is 4.52 Å². The van der Waals surface area contributed by atoms with Gasteiger partial charge >= 0.3 is 0 Å². The third kappa shape index (κ3) is 1.12. The van der Waals surface area contributed by atoms with Gasteiger partial charge in [-0.1, -0.05) is 24.3 Å². The van der Waals surface area contributed by atoms with Gasteiger partial charge in [-0.2, -0.15) is 0 Å². The largest absolute Gasteiger partial charge is 0.339 e. The number of anilines is 1. The van der Waals surface area contributed by atoms with E-state index in [2.05, 4.69) is 48.1 Å². The summed E-state index contributed by atoms with van der Waals surface area (Å²) in [6.45, 7) is 0. The van der Waals surface area contributed by atoms with Crippen molar-refractivity contribution in [2.24, 2.45) is 0 Å². The summed E-state index contributed by atoms with van der Waals surface area (Å²) in [6.07, 6.45) is 0. The van der Waals surface area contributed by atoms with E-state index in [0.717, 1.165) is 0 Å². The van der Waals surface area contributed by atoms with Gasteiger partial charge in [0.1, 0.15) is 0 Å². The zero-order chi connectivity index (χ0) is 10.4. The molecule has 2 aromatic rings. The minimum Gasteiger partial charge on any atom is -0.339 e. The molecule has 2 aromatic carbocycles. The molecule has 76 valence electrons. The Morgan fingerprint density at radius 1 is 1.13 bits per heavy atom. The highest BCUT2D eigenvalue weighted by Gasteiger charge is 2.29. The minimum absolute atomic E-state index is 0.616. The van der Waals surface area contributed by atoms with Crippen molar-refractivity contribution in [3.8, 4) is 0 Å². The summed E-state index contributed by atoms with van der Waals surface area (Å²) in [5.74, 6) is 0. The Labute approximate surface area is 90.4 Å². The lowest BCUT2D eigenvalue weighted by molar-refractivity contribution is 0.467. The van der Waals surface area contributed by atoms with Gasteiger partial charge in [-0.25, -0.2) is 0 Å². The summed E-state index contributed by atoms with van der Waals surface area (Å²) in [5.41, 5.74) is 1.29. The molecular weight excluding hydrogens is 205 g/mol. The summed E-state index contributed by atoms with van der Waals surface area (Å²) < 4.78 is 7.83. The van der Waals surface area contributed by atoms with Crippen molar-refractivity contribution >= 4 is 30.1 Å². The first-order valence-electron chi connectivity index (χ1n) is 4.92. The first-order chi connectivity index (χ1) is 7.33. The number of hydrogen-bond acceptors (Lipinski definition) is 2. The quantitative estimate of drug-likeness (QED) is 0.681. The van der Waals surface area contributed by atoms with E-state index in [0.29, 0.717) is 0 Å². The summed E-state index contributed by atoms with van der Waals surface area (Å²) >= 11 is 0. The van der Waals surface area contributed by atoms with Crippen molar-refractivity contribution in [2.45, 2.75) is 0 Å². The summed E-state index contributed by atoms with van der Waals surface area (Å²) in [6, 6.07) is 12.9. The molecule has 0 aromatic heterocycles. The second-order valence-corrected chi connectivity index (χ2v) is 5.62. The van der Waals surface area contributed by atoms with Gasteiger partial charge in [0.25, 0.3) is 0 Å². The van der Waals surface area contributed by atoms with Gasteiger partial charge in [0.15, 0.2) is 8.30 Å². The molecule has 15 heavy (non-hydrogen) atoms. The van der Waals surface area contributed by atoms with Crippen LogP contribution in [0, 0.1) is 0 Å². The Morgan fingerprint density at radius 2 is 1.87 bits per heavy atom. The molecule has 1 atom stereocenters. The maximum absolute atomic E-state index is 5.59. The Bertz CT molecular complexity index is 521. The Hall–Kier alpha value is -1.11. The highest BCUT2D eigenvalue weighted by atomic mass is 31.2. The van der Waals surface area contributed by atoms with E-state index < -0.39 is 8.30 Å². The second-order valence-electron chi connectivity index (χ2n) is 3.63. The molecule has 0 saturated carbocycles. The van der Waals surface area contributed by atoms with E-state index in [-0.39, 0.29) is 0 Å². The fraction of sp³-hybridized carbons (Fsp3) is 0.167. The topological polar surface area (TPSA) is 12.5 Å². The summed E-state index contributed by atoms with van der Waals surface area (Å²) in [4.78, 5) is 0. The van der Waals surface area contributed by atoms with Crippen LogP contribution in [0.4, 0.5) is 5.69 Å². The van der Waals surface area contributed by atoms with E-state index in [1.807, 2.05) is 0 Å². The van der Waals surface area contributed by atoms with Crippen LogP contribution >= 0.6 is 8.30 Å². The van der Waals surface area contributed by atoms with Crippen molar-refractivity contribution < 1.29 is 4.52 Å². The van der Waals surface area contributed by atoms with E-state index in [9.17, 15) is 0 Å². The number of rotatable bonds is 1. The molecule has 0 aliphatic carbocycles. The summed E-state index contributed by atoms with van der Waals surface area (Å²) in [7, 11) is 3.27. The molecule has 0 fully saturated rings. The lowest BCUT2D eigenvalue weighted by atomic mass is 10.1. The molecule has 0 radical (unpaired) electrons. The van der Waals surface area contributed by atoms with Gasteiger partial charge in [-0.05, 0) is 17.5 Å². The Kier molecular flexibility index (Phi) is 1.95. The van der Waals surface area contributed by atoms with Gasteiger partial charge in [-0.15, -0.1) is 0 Å².